The van der Waals surface area contributed by atoms with Crippen molar-refractivity contribution in [1.82, 2.24) is 14.5 Å². The number of carbonyl (C=O) groups excluding carboxylic acids is 1. The number of aryl methyl sites for hydroxylation is 2. The maximum absolute atomic E-state index is 14.0. The van der Waals surface area contributed by atoms with Crippen molar-refractivity contribution < 1.29 is 28.4 Å². The summed E-state index contributed by atoms with van der Waals surface area (Å²) in [6, 6.07) is 20.1. The van der Waals surface area contributed by atoms with Crippen molar-refractivity contribution in [1.29, 1.82) is 0 Å². The number of phosphoric ester groups is 1. The van der Waals surface area contributed by atoms with E-state index in [2.05, 4.69) is 23.0 Å². The molecule has 0 aliphatic carbocycles. The summed E-state index contributed by atoms with van der Waals surface area (Å²) >= 11 is 0. The van der Waals surface area contributed by atoms with E-state index in [1.807, 2.05) is 43.3 Å². The molecule has 0 fully saturated rings. The SMILES string of the molecule is COc1cc(-c2cc3ccccc3n2C(=O)c2ccccc2COP(=O)(O)O)[nH]c1Cc1[nH]c(C)cc1C. The van der Waals surface area contributed by atoms with E-state index in [1.54, 1.807) is 35.9 Å². The molecule has 2 aromatic carbocycles. The molecule has 0 aliphatic rings. The number of nitrogens with zero attached hydrogens (tertiary/aromatic N) is 1. The van der Waals surface area contributed by atoms with Gasteiger partial charge in [-0.15, -0.1) is 0 Å². The molecule has 0 spiro atoms. The topological polar surface area (TPSA) is 130 Å². The van der Waals surface area contributed by atoms with E-state index in [-0.39, 0.29) is 11.5 Å². The van der Waals surface area contributed by atoms with Gasteiger partial charge in [-0.05, 0) is 49.2 Å². The molecule has 3 heterocycles. The Kier molecular flexibility index (Phi) is 6.86. The van der Waals surface area contributed by atoms with E-state index < -0.39 is 14.4 Å². The third-order valence-corrected chi connectivity index (χ3v) is 6.98. The molecule has 5 aromatic rings. The standard InChI is InChI=1S/C28H28N3O6P/c1-17-12-18(2)29-22(17)14-24-27(36-3)15-23(30-24)26-13-19-8-5-7-11-25(19)31(26)28(32)21-10-6-4-9-20(21)16-37-38(33,34)35/h4-13,15,29-30H,14,16H2,1-3H3,(H2,33,34,35). The van der Waals surface area contributed by atoms with Gasteiger partial charge in [-0.1, -0.05) is 36.4 Å². The minimum atomic E-state index is -4.71. The lowest BCUT2D eigenvalue weighted by Gasteiger charge is -2.13. The van der Waals surface area contributed by atoms with Crippen LogP contribution in [-0.4, -0.2) is 37.3 Å². The van der Waals surface area contributed by atoms with Crippen molar-refractivity contribution in [3.63, 3.8) is 0 Å². The largest absolute Gasteiger partial charge is 0.495 e. The molecular formula is C28H28N3O6P. The van der Waals surface area contributed by atoms with Crippen LogP contribution in [0, 0.1) is 13.8 Å². The summed E-state index contributed by atoms with van der Waals surface area (Å²) in [6.45, 7) is 3.66. The van der Waals surface area contributed by atoms with Crippen LogP contribution < -0.4 is 4.74 Å². The van der Waals surface area contributed by atoms with Crippen LogP contribution in [0.3, 0.4) is 0 Å². The average Bonchev–Trinajstić information content (AvgIpc) is 3.56. The number of phosphoric acid groups is 1. The average molecular weight is 534 g/mol. The van der Waals surface area contributed by atoms with Gasteiger partial charge in [0, 0.05) is 34.8 Å². The molecule has 0 bridgehead atoms. The van der Waals surface area contributed by atoms with Crippen LogP contribution in [0.2, 0.25) is 0 Å². The number of rotatable bonds is 8. The van der Waals surface area contributed by atoms with Gasteiger partial charge in [-0.25, -0.2) is 4.57 Å². The van der Waals surface area contributed by atoms with Gasteiger partial charge >= 0.3 is 7.82 Å². The number of benzene rings is 2. The van der Waals surface area contributed by atoms with Crippen LogP contribution in [0.15, 0.2) is 66.7 Å². The zero-order valence-electron chi connectivity index (χ0n) is 21.2. The van der Waals surface area contributed by atoms with Gasteiger partial charge in [0.25, 0.3) is 5.91 Å². The fourth-order valence-corrected chi connectivity index (χ4v) is 5.08. The van der Waals surface area contributed by atoms with Crippen molar-refractivity contribution in [2.75, 3.05) is 7.11 Å². The molecule has 196 valence electrons. The predicted octanol–water partition coefficient (Wildman–Crippen LogP) is 5.48. The lowest BCUT2D eigenvalue weighted by Crippen LogP contribution is -2.15. The third kappa shape index (κ3) is 5.10. The molecule has 38 heavy (non-hydrogen) atoms. The number of hydrogen-bond acceptors (Lipinski definition) is 4. The highest BCUT2D eigenvalue weighted by molar-refractivity contribution is 7.46. The van der Waals surface area contributed by atoms with Crippen LogP contribution in [0.25, 0.3) is 22.3 Å². The van der Waals surface area contributed by atoms with Gasteiger partial charge < -0.3 is 24.5 Å². The first kappa shape index (κ1) is 25.8. The Morgan fingerprint density at radius 2 is 1.71 bits per heavy atom. The minimum Gasteiger partial charge on any atom is -0.495 e. The molecule has 0 saturated carbocycles. The number of hydrogen-bond donors (Lipinski definition) is 4. The summed E-state index contributed by atoms with van der Waals surface area (Å²) in [5.74, 6) is 0.323. The van der Waals surface area contributed by atoms with E-state index in [9.17, 15) is 19.1 Å². The monoisotopic (exact) mass is 533 g/mol. The summed E-state index contributed by atoms with van der Waals surface area (Å²) in [5, 5.41) is 0.866. The zero-order valence-corrected chi connectivity index (χ0v) is 22.1. The third-order valence-electron chi connectivity index (χ3n) is 6.51. The van der Waals surface area contributed by atoms with E-state index >= 15 is 0 Å². The van der Waals surface area contributed by atoms with Crippen LogP contribution in [0.1, 0.15) is 38.6 Å². The molecule has 0 atom stereocenters. The van der Waals surface area contributed by atoms with Crippen molar-refractivity contribution >= 4 is 24.6 Å². The Balaban J connectivity index is 1.61. The number of nitrogens with one attached hydrogen (secondary N) is 2. The highest BCUT2D eigenvalue weighted by atomic mass is 31.2. The molecule has 0 saturated heterocycles. The highest BCUT2D eigenvalue weighted by Gasteiger charge is 2.24. The second-order valence-electron chi connectivity index (χ2n) is 9.17. The zero-order chi connectivity index (χ0) is 27.0. The number of carbonyl (C=O) groups is 1. The molecule has 0 aliphatic heterocycles. The Morgan fingerprint density at radius 3 is 2.42 bits per heavy atom. The molecule has 5 rings (SSSR count). The molecule has 4 N–H and O–H groups in total. The van der Waals surface area contributed by atoms with E-state index in [4.69, 9.17) is 9.26 Å². The lowest BCUT2D eigenvalue weighted by atomic mass is 10.1. The normalized spacial score (nSPS) is 11.8. The number of aromatic nitrogens is 3. The fourth-order valence-electron chi connectivity index (χ4n) is 4.78. The number of ether oxygens (including phenoxy) is 1. The maximum atomic E-state index is 14.0. The highest BCUT2D eigenvalue weighted by Crippen LogP contribution is 2.38. The van der Waals surface area contributed by atoms with Crippen molar-refractivity contribution in [3.05, 3.63) is 101 Å². The van der Waals surface area contributed by atoms with Crippen molar-refractivity contribution in [2.24, 2.45) is 0 Å². The second-order valence-corrected chi connectivity index (χ2v) is 10.4. The van der Waals surface area contributed by atoms with Gasteiger partial charge in [-0.3, -0.25) is 13.9 Å². The first-order chi connectivity index (χ1) is 18.1. The van der Waals surface area contributed by atoms with E-state index in [0.29, 0.717) is 34.6 Å². The maximum Gasteiger partial charge on any atom is 0.469 e. The van der Waals surface area contributed by atoms with E-state index in [0.717, 1.165) is 28.0 Å². The van der Waals surface area contributed by atoms with Crippen LogP contribution >= 0.6 is 7.82 Å². The lowest BCUT2D eigenvalue weighted by molar-refractivity contribution is 0.0962. The summed E-state index contributed by atoms with van der Waals surface area (Å²) in [7, 11) is -3.10. The molecule has 0 radical (unpaired) electrons. The molecule has 9 nitrogen and oxygen atoms in total. The van der Waals surface area contributed by atoms with Crippen LogP contribution in [0.4, 0.5) is 0 Å². The number of methoxy groups -OCH3 is 1. The quantitative estimate of drug-likeness (QED) is 0.196. The summed E-state index contributed by atoms with van der Waals surface area (Å²) < 4.78 is 23.3. The van der Waals surface area contributed by atoms with Crippen molar-refractivity contribution in [3.8, 4) is 17.1 Å². The Bertz CT molecular complexity index is 1690. The first-order valence-electron chi connectivity index (χ1n) is 12.0. The van der Waals surface area contributed by atoms with Crippen molar-refractivity contribution in [2.45, 2.75) is 26.9 Å². The Hall–Kier alpha value is -3.88. The van der Waals surface area contributed by atoms with E-state index in [1.165, 1.54) is 0 Å². The van der Waals surface area contributed by atoms with Crippen LogP contribution in [0.5, 0.6) is 5.75 Å². The van der Waals surface area contributed by atoms with Gasteiger partial charge in [0.2, 0.25) is 0 Å². The number of H-pyrrole nitrogens is 2. The first-order valence-corrected chi connectivity index (χ1v) is 13.5. The molecular weight excluding hydrogens is 505 g/mol. The molecule has 3 aromatic heterocycles. The fraction of sp³-hybridized carbons (Fsp3) is 0.179. The molecule has 0 amide bonds. The molecule has 0 unspecified atom stereocenters. The smallest absolute Gasteiger partial charge is 0.469 e. The summed E-state index contributed by atoms with van der Waals surface area (Å²) in [4.78, 5) is 39.2. The van der Waals surface area contributed by atoms with Gasteiger partial charge in [0.05, 0.1) is 36.3 Å². The van der Waals surface area contributed by atoms with Gasteiger partial charge in [0.1, 0.15) is 5.75 Å². The Morgan fingerprint density at radius 1 is 0.974 bits per heavy atom. The molecule has 10 heteroatoms. The predicted molar refractivity (Wildman–Crippen MR) is 144 cm³/mol. The summed E-state index contributed by atoms with van der Waals surface area (Å²) in [5.41, 5.74) is 6.85. The Labute approximate surface area is 219 Å². The van der Waals surface area contributed by atoms with Gasteiger partial charge in [-0.2, -0.15) is 0 Å². The second kappa shape index (κ2) is 10.1. The van der Waals surface area contributed by atoms with Crippen LogP contribution in [-0.2, 0) is 22.1 Å². The summed E-state index contributed by atoms with van der Waals surface area (Å²) in [6.07, 6.45) is 0.597. The van der Waals surface area contributed by atoms with Gasteiger partial charge in [0.15, 0.2) is 0 Å². The number of fused-ring (bicyclic) bond motifs is 1. The number of para-hydroxylation sites is 1. The number of aromatic amines is 2. The minimum absolute atomic E-state index is 0.278.